The minimum Gasteiger partial charge on any atom is -0.364 e. The molecule has 0 aromatic heterocycles. The third-order valence-electron chi connectivity index (χ3n) is 4.71. The van der Waals surface area contributed by atoms with E-state index in [2.05, 4.69) is 41.3 Å². The lowest BCUT2D eigenvalue weighted by Gasteiger charge is -2.28. The lowest BCUT2D eigenvalue weighted by molar-refractivity contribution is -0.112. The largest absolute Gasteiger partial charge is 0.364 e. The average Bonchev–Trinajstić information content (AvgIpc) is 3.03. The van der Waals surface area contributed by atoms with Crippen molar-refractivity contribution in [3.05, 3.63) is 71.8 Å². The Hall–Kier alpha value is -2.62. The number of unbranched alkanes of at least 4 members (excludes halogenated alkanes) is 2. The summed E-state index contributed by atoms with van der Waals surface area (Å²) in [6.07, 6.45) is 3.35. The van der Waals surface area contributed by atoms with Crippen molar-refractivity contribution in [2.45, 2.75) is 38.1 Å². The van der Waals surface area contributed by atoms with Gasteiger partial charge in [0.15, 0.2) is 0 Å². The summed E-state index contributed by atoms with van der Waals surface area (Å²) in [6, 6.07) is 20.4. The summed E-state index contributed by atoms with van der Waals surface area (Å²) in [5, 5.41) is 6.71. The van der Waals surface area contributed by atoms with Gasteiger partial charge in [0.05, 0.1) is 12.0 Å². The van der Waals surface area contributed by atoms with E-state index in [1.807, 2.05) is 36.4 Å². The molecule has 1 amide bonds. The topological polar surface area (TPSA) is 58.7 Å². The average molecular weight is 335 g/mol. The number of hydrogen-bond acceptors (Lipinski definition) is 3. The summed E-state index contributed by atoms with van der Waals surface area (Å²) >= 11 is 0. The second-order valence-corrected chi connectivity index (χ2v) is 6.46. The maximum Gasteiger partial charge on any atom is 0.265 e. The van der Waals surface area contributed by atoms with Crippen LogP contribution in [0.4, 0.5) is 0 Å². The molecule has 0 saturated carbocycles. The van der Waals surface area contributed by atoms with Gasteiger partial charge in [-0.15, -0.1) is 0 Å². The molecule has 130 valence electrons. The summed E-state index contributed by atoms with van der Waals surface area (Å²) in [5.74, 6) is -0.574. The minimum atomic E-state index is -0.437. The molecule has 1 aliphatic heterocycles. The van der Waals surface area contributed by atoms with Gasteiger partial charge in [-0.1, -0.05) is 80.4 Å². The van der Waals surface area contributed by atoms with E-state index in [0.717, 1.165) is 36.9 Å². The van der Waals surface area contributed by atoms with Gasteiger partial charge >= 0.3 is 0 Å². The van der Waals surface area contributed by atoms with E-state index >= 15 is 0 Å². The third-order valence-corrected chi connectivity index (χ3v) is 4.71. The predicted molar refractivity (Wildman–Crippen MR) is 101 cm³/mol. The number of nitrogens with two attached hydrogens (primary N) is 1. The first kappa shape index (κ1) is 17.2. The zero-order chi connectivity index (χ0) is 17.6. The first-order valence-electron chi connectivity index (χ1n) is 8.97. The van der Waals surface area contributed by atoms with Gasteiger partial charge in [0.2, 0.25) is 0 Å². The molecule has 1 aliphatic rings. The normalized spacial score (nSPS) is 19.7. The molecule has 25 heavy (non-hydrogen) atoms. The lowest BCUT2D eigenvalue weighted by Crippen LogP contribution is -2.30. The van der Waals surface area contributed by atoms with Gasteiger partial charge in [-0.05, 0) is 17.5 Å². The Labute approximate surface area is 149 Å². The number of hydrogen-bond donors (Lipinski definition) is 1. The Morgan fingerprint density at radius 1 is 1.00 bits per heavy atom. The van der Waals surface area contributed by atoms with Crippen LogP contribution in [-0.2, 0) is 4.79 Å². The number of carbonyl (C=O) groups excluding carboxylic acids is 1. The molecule has 4 nitrogen and oxygen atoms in total. The molecule has 2 unspecified atom stereocenters. The highest BCUT2D eigenvalue weighted by Crippen LogP contribution is 2.42. The maximum absolute atomic E-state index is 12.1. The van der Waals surface area contributed by atoms with Gasteiger partial charge in [-0.2, -0.15) is 5.10 Å². The van der Waals surface area contributed by atoms with E-state index in [9.17, 15) is 4.79 Å². The number of nitrogens with zero attached hydrogens (tertiary/aromatic N) is 2. The highest BCUT2D eigenvalue weighted by molar-refractivity contribution is 6.41. The van der Waals surface area contributed by atoms with Crippen molar-refractivity contribution in [1.29, 1.82) is 0 Å². The molecule has 2 aromatic rings. The van der Waals surface area contributed by atoms with Gasteiger partial charge in [-0.25, -0.2) is 0 Å². The Morgan fingerprint density at radius 3 is 2.16 bits per heavy atom. The van der Waals surface area contributed by atoms with E-state index in [-0.39, 0.29) is 12.0 Å². The van der Waals surface area contributed by atoms with Crippen molar-refractivity contribution in [3.63, 3.8) is 0 Å². The van der Waals surface area contributed by atoms with Crippen molar-refractivity contribution in [2.24, 2.45) is 10.8 Å². The van der Waals surface area contributed by atoms with Crippen LogP contribution in [0.1, 0.15) is 49.3 Å². The minimum absolute atomic E-state index is 0.00274. The smallest absolute Gasteiger partial charge is 0.265 e. The van der Waals surface area contributed by atoms with E-state index < -0.39 is 5.91 Å². The van der Waals surface area contributed by atoms with Crippen LogP contribution in [0.15, 0.2) is 65.8 Å². The Morgan fingerprint density at radius 2 is 1.60 bits per heavy atom. The number of carbonyl (C=O) groups is 1. The number of primary amides is 1. The molecule has 1 heterocycles. The zero-order valence-corrected chi connectivity index (χ0v) is 14.6. The molecular weight excluding hydrogens is 310 g/mol. The molecule has 2 atom stereocenters. The fraction of sp³-hybridized carbons (Fsp3) is 0.333. The van der Waals surface area contributed by atoms with Crippen LogP contribution in [-0.4, -0.2) is 23.2 Å². The van der Waals surface area contributed by atoms with E-state index in [0.29, 0.717) is 5.71 Å². The van der Waals surface area contributed by atoms with Gasteiger partial charge in [0.1, 0.15) is 5.71 Å². The van der Waals surface area contributed by atoms with Crippen molar-refractivity contribution in [1.82, 2.24) is 5.01 Å². The molecular formula is C21H25N3O. The molecule has 4 heteroatoms. The van der Waals surface area contributed by atoms with E-state index in [4.69, 9.17) is 5.73 Å². The molecule has 0 radical (unpaired) electrons. The SMILES string of the molecule is CCCCCN1N=C(C(N)=O)C(c2ccccc2)C1c1ccccc1. The summed E-state index contributed by atoms with van der Waals surface area (Å²) < 4.78 is 0. The van der Waals surface area contributed by atoms with E-state index in [1.165, 1.54) is 0 Å². The number of benzene rings is 2. The summed E-state index contributed by atoms with van der Waals surface area (Å²) in [7, 11) is 0. The highest BCUT2D eigenvalue weighted by atomic mass is 16.1. The van der Waals surface area contributed by atoms with Gasteiger partial charge in [-0.3, -0.25) is 9.80 Å². The van der Waals surface area contributed by atoms with Crippen molar-refractivity contribution in [3.8, 4) is 0 Å². The molecule has 0 saturated heterocycles. The summed E-state index contributed by atoms with van der Waals surface area (Å²) in [5.41, 5.74) is 8.38. The van der Waals surface area contributed by atoms with Crippen molar-refractivity contribution in [2.75, 3.05) is 6.54 Å². The maximum atomic E-state index is 12.1. The Kier molecular flexibility index (Phi) is 5.49. The summed E-state index contributed by atoms with van der Waals surface area (Å²) in [4.78, 5) is 12.1. The first-order valence-corrected chi connectivity index (χ1v) is 8.97. The Bertz CT molecular complexity index is 727. The Balaban J connectivity index is 2.01. The van der Waals surface area contributed by atoms with Crippen LogP contribution in [0.5, 0.6) is 0 Å². The molecule has 2 N–H and O–H groups in total. The molecule has 0 bridgehead atoms. The zero-order valence-electron chi connectivity index (χ0n) is 14.6. The van der Waals surface area contributed by atoms with Crippen LogP contribution >= 0.6 is 0 Å². The van der Waals surface area contributed by atoms with Crippen LogP contribution < -0.4 is 5.73 Å². The molecule has 0 fully saturated rings. The fourth-order valence-electron chi connectivity index (χ4n) is 3.52. The second kappa shape index (κ2) is 7.97. The van der Waals surface area contributed by atoms with Crippen LogP contribution in [0.2, 0.25) is 0 Å². The summed E-state index contributed by atoms with van der Waals surface area (Å²) in [6.45, 7) is 3.01. The molecule has 0 spiro atoms. The van der Waals surface area contributed by atoms with Gasteiger partial charge < -0.3 is 5.73 Å². The molecule has 2 aromatic carbocycles. The second-order valence-electron chi connectivity index (χ2n) is 6.46. The van der Waals surface area contributed by atoms with Crippen LogP contribution in [0.3, 0.4) is 0 Å². The molecule has 3 rings (SSSR count). The number of amides is 1. The monoisotopic (exact) mass is 335 g/mol. The fourth-order valence-corrected chi connectivity index (χ4v) is 3.52. The van der Waals surface area contributed by atoms with Crippen LogP contribution in [0.25, 0.3) is 0 Å². The quantitative estimate of drug-likeness (QED) is 0.781. The van der Waals surface area contributed by atoms with Crippen molar-refractivity contribution >= 4 is 11.6 Å². The lowest BCUT2D eigenvalue weighted by atomic mass is 9.84. The van der Waals surface area contributed by atoms with Gasteiger partial charge in [0.25, 0.3) is 5.91 Å². The van der Waals surface area contributed by atoms with Crippen molar-refractivity contribution < 1.29 is 4.79 Å². The standard InChI is InChI=1S/C21H25N3O/c1-2-3-10-15-24-20(17-13-8-5-9-14-17)18(19(23-24)21(22)25)16-11-6-4-7-12-16/h4-9,11-14,18,20H,2-3,10,15H2,1H3,(H2,22,25). The third kappa shape index (κ3) is 3.73. The predicted octanol–water partition coefficient (Wildman–Crippen LogP) is 3.86. The van der Waals surface area contributed by atoms with Crippen LogP contribution in [0, 0.1) is 0 Å². The number of rotatable bonds is 7. The first-order chi connectivity index (χ1) is 12.2. The van der Waals surface area contributed by atoms with Gasteiger partial charge in [0, 0.05) is 6.54 Å². The highest BCUT2D eigenvalue weighted by Gasteiger charge is 2.41. The molecule has 0 aliphatic carbocycles. The number of hydrazone groups is 1. The van der Waals surface area contributed by atoms with E-state index in [1.54, 1.807) is 0 Å².